The normalized spacial score (nSPS) is 13.8. The molecule has 4 heteroatoms. The van der Waals surface area contributed by atoms with Gasteiger partial charge in [-0.15, -0.1) is 0 Å². The Labute approximate surface area is 156 Å². The number of rotatable bonds is 4. The molecule has 1 unspecified atom stereocenters. The van der Waals surface area contributed by atoms with Crippen LogP contribution in [0.5, 0.6) is 0 Å². The fraction of sp³-hybridized carbons (Fsp3) is 0.400. The van der Waals surface area contributed by atoms with Crippen molar-refractivity contribution in [3.63, 3.8) is 0 Å². The van der Waals surface area contributed by atoms with Crippen molar-refractivity contribution < 1.29 is 4.21 Å². The van der Waals surface area contributed by atoms with Crippen LogP contribution in [0.15, 0.2) is 58.3 Å². The van der Waals surface area contributed by atoms with Crippen molar-refractivity contribution >= 4 is 30.5 Å². The molecule has 1 atom stereocenters. The molecule has 0 spiro atoms. The SMILES string of the molecule is CC(C)(C)c1ccc(SSS(=O)c2ccc(C(C)(C)C)cc2)cc1. The lowest BCUT2D eigenvalue weighted by Gasteiger charge is -2.19. The zero-order chi connectivity index (χ0) is 18.0. The molecule has 1 nitrogen and oxygen atoms in total. The lowest BCUT2D eigenvalue weighted by molar-refractivity contribution is 0.589. The van der Waals surface area contributed by atoms with E-state index in [0.717, 1.165) is 9.79 Å². The maximum Gasteiger partial charge on any atom is 0.124 e. The molecule has 2 rings (SSSR count). The lowest BCUT2D eigenvalue weighted by atomic mass is 9.87. The molecule has 0 aromatic heterocycles. The van der Waals surface area contributed by atoms with Gasteiger partial charge in [-0.2, -0.15) is 0 Å². The van der Waals surface area contributed by atoms with E-state index in [1.807, 2.05) is 12.1 Å². The molecule has 24 heavy (non-hydrogen) atoms. The molecule has 0 radical (unpaired) electrons. The predicted octanol–water partition coefficient (Wildman–Crippen LogP) is 6.74. The van der Waals surface area contributed by atoms with Gasteiger partial charge in [0, 0.05) is 14.7 Å². The van der Waals surface area contributed by atoms with E-state index in [0.29, 0.717) is 0 Å². The Bertz CT molecular complexity index is 690. The van der Waals surface area contributed by atoms with E-state index < -0.39 is 9.83 Å². The smallest absolute Gasteiger partial charge is 0.124 e. The van der Waals surface area contributed by atoms with Crippen LogP contribution in [0.4, 0.5) is 0 Å². The highest BCUT2D eigenvalue weighted by molar-refractivity contribution is 9.05. The van der Waals surface area contributed by atoms with Crippen molar-refractivity contribution in [3.8, 4) is 0 Å². The summed E-state index contributed by atoms with van der Waals surface area (Å²) in [6.45, 7) is 13.2. The molecule has 0 aliphatic heterocycles. The van der Waals surface area contributed by atoms with E-state index in [9.17, 15) is 4.21 Å². The third-order valence-corrected chi connectivity index (χ3v) is 8.59. The number of benzene rings is 2. The highest BCUT2D eigenvalue weighted by atomic mass is 33.5. The topological polar surface area (TPSA) is 17.1 Å². The van der Waals surface area contributed by atoms with Crippen LogP contribution in [-0.4, -0.2) is 4.21 Å². The molecular formula is C20H26OS3. The molecule has 0 bridgehead atoms. The van der Waals surface area contributed by atoms with Crippen LogP contribution >= 0.6 is 20.6 Å². The molecule has 0 fully saturated rings. The Hall–Kier alpha value is -0.710. The fourth-order valence-electron chi connectivity index (χ4n) is 2.19. The standard InChI is InChI=1S/C20H26OS3/c1-19(2,3)15-7-11-17(12-8-15)22-23-24(21)18-13-9-16(10-14-18)20(4,5)6/h7-14H,1-6H3. The first-order valence-corrected chi connectivity index (χ1v) is 11.9. The Morgan fingerprint density at radius 2 is 1.12 bits per heavy atom. The van der Waals surface area contributed by atoms with Crippen molar-refractivity contribution in [1.29, 1.82) is 0 Å². The summed E-state index contributed by atoms with van der Waals surface area (Å²) in [5.74, 6) is 0. The second kappa shape index (κ2) is 7.67. The molecule has 0 saturated carbocycles. The van der Waals surface area contributed by atoms with Crippen molar-refractivity contribution in [2.24, 2.45) is 0 Å². The Morgan fingerprint density at radius 3 is 1.54 bits per heavy atom. The summed E-state index contributed by atoms with van der Waals surface area (Å²) < 4.78 is 12.5. The summed E-state index contributed by atoms with van der Waals surface area (Å²) in [4.78, 5) is 2.00. The molecule has 0 amide bonds. The lowest BCUT2D eigenvalue weighted by Crippen LogP contribution is -2.10. The minimum atomic E-state index is -1.06. The molecule has 2 aromatic carbocycles. The van der Waals surface area contributed by atoms with Gasteiger partial charge in [0.2, 0.25) is 0 Å². The van der Waals surface area contributed by atoms with Crippen molar-refractivity contribution in [2.45, 2.75) is 62.2 Å². The van der Waals surface area contributed by atoms with Gasteiger partial charge in [-0.3, -0.25) is 0 Å². The Kier molecular flexibility index (Phi) is 6.27. The fourth-order valence-corrected chi connectivity index (χ4v) is 6.30. The molecular weight excluding hydrogens is 352 g/mol. The van der Waals surface area contributed by atoms with Gasteiger partial charge in [0.1, 0.15) is 9.83 Å². The number of hydrogen-bond donors (Lipinski definition) is 0. The summed E-state index contributed by atoms with van der Waals surface area (Å²) in [5, 5.41) is 0. The molecule has 130 valence electrons. The van der Waals surface area contributed by atoms with Crippen molar-refractivity contribution in [3.05, 3.63) is 59.7 Å². The number of hydrogen-bond acceptors (Lipinski definition) is 3. The first kappa shape index (κ1) is 19.6. The first-order valence-electron chi connectivity index (χ1n) is 8.05. The predicted molar refractivity (Wildman–Crippen MR) is 110 cm³/mol. The van der Waals surface area contributed by atoms with Gasteiger partial charge in [0.05, 0.1) is 4.90 Å². The Morgan fingerprint density at radius 1 is 0.708 bits per heavy atom. The summed E-state index contributed by atoms with van der Waals surface area (Å²) in [6, 6.07) is 16.7. The maximum absolute atomic E-state index is 12.5. The average Bonchev–Trinajstić information content (AvgIpc) is 2.51. The van der Waals surface area contributed by atoms with Gasteiger partial charge in [0.25, 0.3) is 0 Å². The largest absolute Gasteiger partial charge is 0.242 e. The average molecular weight is 379 g/mol. The maximum atomic E-state index is 12.5. The zero-order valence-corrected chi connectivity index (χ0v) is 17.7. The van der Waals surface area contributed by atoms with E-state index in [2.05, 4.69) is 77.9 Å². The van der Waals surface area contributed by atoms with Crippen LogP contribution in [0.3, 0.4) is 0 Å². The van der Waals surface area contributed by atoms with E-state index in [1.54, 1.807) is 10.8 Å². The second-order valence-corrected chi connectivity index (χ2v) is 12.7. The van der Waals surface area contributed by atoms with Gasteiger partial charge in [-0.1, -0.05) is 65.8 Å². The zero-order valence-electron chi connectivity index (χ0n) is 15.3. The van der Waals surface area contributed by atoms with E-state index in [1.165, 1.54) is 21.0 Å². The van der Waals surface area contributed by atoms with Gasteiger partial charge in [-0.25, -0.2) is 4.21 Å². The van der Waals surface area contributed by atoms with Gasteiger partial charge < -0.3 is 0 Å². The van der Waals surface area contributed by atoms with Crippen LogP contribution in [0, 0.1) is 0 Å². The third-order valence-electron chi connectivity index (χ3n) is 3.83. The molecule has 0 saturated heterocycles. The van der Waals surface area contributed by atoms with E-state index >= 15 is 0 Å². The molecule has 0 aliphatic rings. The monoisotopic (exact) mass is 378 g/mol. The van der Waals surface area contributed by atoms with Crippen molar-refractivity contribution in [1.82, 2.24) is 0 Å². The van der Waals surface area contributed by atoms with Crippen LogP contribution in [0.25, 0.3) is 0 Å². The molecule has 0 heterocycles. The summed E-state index contributed by atoms with van der Waals surface area (Å²) in [5.41, 5.74) is 2.86. The van der Waals surface area contributed by atoms with Crippen LogP contribution in [-0.2, 0) is 20.7 Å². The summed E-state index contributed by atoms with van der Waals surface area (Å²) in [6.07, 6.45) is 0. The minimum Gasteiger partial charge on any atom is -0.242 e. The van der Waals surface area contributed by atoms with E-state index in [-0.39, 0.29) is 10.8 Å². The van der Waals surface area contributed by atoms with Gasteiger partial charge in [-0.05, 0) is 57.0 Å². The third kappa shape index (κ3) is 5.40. The van der Waals surface area contributed by atoms with Crippen LogP contribution < -0.4 is 0 Å². The molecule has 0 aliphatic carbocycles. The second-order valence-electron chi connectivity index (χ2n) is 7.93. The summed E-state index contributed by atoms with van der Waals surface area (Å²) in [7, 11) is 1.91. The molecule has 2 aromatic rings. The highest BCUT2D eigenvalue weighted by Gasteiger charge is 2.15. The van der Waals surface area contributed by atoms with Gasteiger partial charge in [0.15, 0.2) is 0 Å². The van der Waals surface area contributed by atoms with Crippen molar-refractivity contribution in [2.75, 3.05) is 0 Å². The minimum absolute atomic E-state index is 0.122. The Balaban J connectivity index is 1.98. The highest BCUT2D eigenvalue weighted by Crippen LogP contribution is 2.37. The van der Waals surface area contributed by atoms with Crippen LogP contribution in [0.1, 0.15) is 52.7 Å². The quantitative estimate of drug-likeness (QED) is 0.548. The van der Waals surface area contributed by atoms with Gasteiger partial charge >= 0.3 is 0 Å². The van der Waals surface area contributed by atoms with E-state index in [4.69, 9.17) is 0 Å². The van der Waals surface area contributed by atoms with Crippen LogP contribution in [0.2, 0.25) is 0 Å². The molecule has 0 N–H and O–H groups in total. The first-order chi connectivity index (χ1) is 11.1. The summed E-state index contributed by atoms with van der Waals surface area (Å²) >= 11 is 0.